The molecule has 0 fully saturated rings. The lowest BCUT2D eigenvalue weighted by Gasteiger charge is -1.99. The number of fused-ring (bicyclic) bond motifs is 1. The average molecular weight is 136 g/mol. The first-order valence-electron chi connectivity index (χ1n) is 3.76. The van der Waals surface area contributed by atoms with E-state index in [4.69, 9.17) is 0 Å². The maximum atomic E-state index is 4.44. The lowest BCUT2D eigenvalue weighted by molar-refractivity contribution is 0.746. The molecule has 0 amide bonds. The molecule has 2 nitrogen and oxygen atoms in total. The van der Waals surface area contributed by atoms with Crippen molar-refractivity contribution in [2.24, 2.45) is 0 Å². The molecule has 2 heteroatoms. The molecule has 2 rings (SSSR count). The Morgan fingerprint density at radius 3 is 2.40 bits per heavy atom. The van der Waals surface area contributed by atoms with Crippen molar-refractivity contribution >= 4 is 0 Å². The average Bonchev–Trinajstić information content (AvgIpc) is 2.55. The minimum absolute atomic E-state index is 0.579. The largest absolute Gasteiger partial charge is 0.324 e. The van der Waals surface area contributed by atoms with Crippen LogP contribution < -0.4 is 0 Å². The summed E-state index contributed by atoms with van der Waals surface area (Å²) < 4.78 is 2.29. The Balaban J connectivity index is 2.46. The summed E-state index contributed by atoms with van der Waals surface area (Å²) in [6.07, 6.45) is 0. The van der Waals surface area contributed by atoms with Crippen molar-refractivity contribution in [3.8, 4) is 0 Å². The van der Waals surface area contributed by atoms with Gasteiger partial charge in [-0.25, -0.2) is 4.98 Å². The van der Waals surface area contributed by atoms with Crippen LogP contribution in [0.2, 0.25) is 0 Å². The lowest BCUT2D eigenvalue weighted by atomic mass is 10.2. The van der Waals surface area contributed by atoms with Crippen LogP contribution in [-0.4, -0.2) is 9.55 Å². The molecule has 0 radical (unpaired) electrons. The molecule has 0 aliphatic carbocycles. The van der Waals surface area contributed by atoms with Gasteiger partial charge in [0, 0.05) is 5.92 Å². The van der Waals surface area contributed by atoms with Crippen LogP contribution in [0.15, 0.2) is 0 Å². The fraction of sp³-hybridized carbons (Fsp3) is 0.625. The zero-order valence-electron chi connectivity index (χ0n) is 6.68. The molecule has 0 saturated carbocycles. The van der Waals surface area contributed by atoms with E-state index >= 15 is 0 Å². The van der Waals surface area contributed by atoms with E-state index in [1.54, 1.807) is 0 Å². The van der Waals surface area contributed by atoms with Gasteiger partial charge in [-0.3, -0.25) is 0 Å². The molecular weight excluding hydrogens is 124 g/mol. The first kappa shape index (κ1) is 5.96. The van der Waals surface area contributed by atoms with Crippen LogP contribution in [-0.2, 0) is 6.54 Å². The highest BCUT2D eigenvalue weighted by atomic mass is 15.2. The van der Waals surface area contributed by atoms with Gasteiger partial charge in [0.25, 0.3) is 0 Å². The Kier molecular flexibility index (Phi) is 0.967. The second-order valence-corrected chi connectivity index (χ2v) is 3.24. The molecule has 1 aliphatic rings. The van der Waals surface area contributed by atoms with Gasteiger partial charge >= 0.3 is 0 Å². The minimum Gasteiger partial charge on any atom is -0.324 e. The van der Waals surface area contributed by atoms with Gasteiger partial charge in [0.05, 0.1) is 17.9 Å². The first-order chi connectivity index (χ1) is 4.70. The van der Waals surface area contributed by atoms with Crippen molar-refractivity contribution in [3.63, 3.8) is 0 Å². The van der Waals surface area contributed by atoms with Crippen LogP contribution in [0, 0.1) is 6.92 Å². The monoisotopic (exact) mass is 136 g/mol. The Labute approximate surface area is 60.9 Å². The van der Waals surface area contributed by atoms with Crippen LogP contribution in [0.5, 0.6) is 0 Å². The molecule has 1 aromatic rings. The minimum atomic E-state index is 0.579. The summed E-state index contributed by atoms with van der Waals surface area (Å²) in [4.78, 5) is 4.44. The van der Waals surface area contributed by atoms with E-state index < -0.39 is 0 Å². The van der Waals surface area contributed by atoms with E-state index in [0.717, 1.165) is 6.54 Å². The number of hydrogen-bond donors (Lipinski definition) is 0. The fourth-order valence-corrected chi connectivity index (χ4v) is 1.38. The molecule has 54 valence electrons. The highest BCUT2D eigenvalue weighted by molar-refractivity contribution is 5.28. The van der Waals surface area contributed by atoms with Crippen LogP contribution in [0.25, 0.3) is 0 Å². The quantitative estimate of drug-likeness (QED) is 0.583. The van der Waals surface area contributed by atoms with Gasteiger partial charge in [-0.2, -0.15) is 0 Å². The number of nitrogens with zero attached hydrogens (tertiary/aromatic N) is 2. The summed E-state index contributed by atoms with van der Waals surface area (Å²) in [6, 6.07) is 0. The Hall–Kier alpha value is -0.790. The van der Waals surface area contributed by atoms with Crippen LogP contribution in [0.4, 0.5) is 0 Å². The van der Waals surface area contributed by atoms with Gasteiger partial charge in [-0.05, 0) is 6.92 Å². The third-order valence-electron chi connectivity index (χ3n) is 2.02. The van der Waals surface area contributed by atoms with Gasteiger partial charge in [0.2, 0.25) is 0 Å². The molecule has 0 spiro atoms. The Morgan fingerprint density at radius 2 is 2.20 bits per heavy atom. The van der Waals surface area contributed by atoms with Crippen LogP contribution >= 0.6 is 0 Å². The van der Waals surface area contributed by atoms with Crippen molar-refractivity contribution in [1.82, 2.24) is 9.55 Å². The van der Waals surface area contributed by atoms with Crippen molar-refractivity contribution in [2.75, 3.05) is 0 Å². The highest BCUT2D eigenvalue weighted by Gasteiger charge is 2.26. The van der Waals surface area contributed by atoms with E-state index in [-0.39, 0.29) is 0 Å². The molecule has 10 heavy (non-hydrogen) atoms. The molecule has 0 N–H and O–H groups in total. The normalized spacial score (nSPS) is 14.0. The predicted molar refractivity (Wildman–Crippen MR) is 40.2 cm³/mol. The zero-order chi connectivity index (χ0) is 7.30. The maximum absolute atomic E-state index is 4.44. The summed E-state index contributed by atoms with van der Waals surface area (Å²) >= 11 is 0. The third-order valence-corrected chi connectivity index (χ3v) is 2.02. The fourth-order valence-electron chi connectivity index (χ4n) is 1.38. The van der Waals surface area contributed by atoms with Crippen molar-refractivity contribution < 1.29 is 0 Å². The lowest BCUT2D eigenvalue weighted by Crippen LogP contribution is -1.94. The Bertz CT molecular complexity index is 271. The van der Waals surface area contributed by atoms with Gasteiger partial charge < -0.3 is 4.57 Å². The summed E-state index contributed by atoms with van der Waals surface area (Å²) in [6.45, 7) is 7.61. The van der Waals surface area contributed by atoms with E-state index in [1.807, 2.05) is 0 Å². The zero-order valence-corrected chi connectivity index (χ0v) is 6.68. The molecule has 0 atom stereocenters. The Morgan fingerprint density at radius 1 is 1.50 bits per heavy atom. The standard InChI is InChI=1S/C8H12N2/c1-5(2)8-9-6(3)7-4-10(7)8/h5H,4H2,1-3H3. The van der Waals surface area contributed by atoms with E-state index in [0.29, 0.717) is 5.92 Å². The molecule has 0 unspecified atom stereocenters. The molecule has 2 heterocycles. The van der Waals surface area contributed by atoms with E-state index in [1.165, 1.54) is 17.2 Å². The highest BCUT2D eigenvalue weighted by Crippen LogP contribution is 2.28. The maximum Gasteiger partial charge on any atom is 0.112 e. The molecule has 1 aromatic heterocycles. The number of aromatic nitrogens is 2. The SMILES string of the molecule is Cc1nc(C(C)C)n2c1C2. The van der Waals surface area contributed by atoms with Gasteiger partial charge in [-0.1, -0.05) is 13.8 Å². The topological polar surface area (TPSA) is 17.8 Å². The number of rotatable bonds is 1. The van der Waals surface area contributed by atoms with E-state index in [9.17, 15) is 0 Å². The molecule has 0 bridgehead atoms. The molecule has 0 saturated heterocycles. The van der Waals surface area contributed by atoms with E-state index in [2.05, 4.69) is 30.3 Å². The smallest absolute Gasteiger partial charge is 0.112 e. The second-order valence-electron chi connectivity index (χ2n) is 3.24. The van der Waals surface area contributed by atoms with Crippen LogP contribution in [0.3, 0.4) is 0 Å². The predicted octanol–water partition coefficient (Wildman–Crippen LogP) is 1.68. The van der Waals surface area contributed by atoms with Crippen molar-refractivity contribution in [1.29, 1.82) is 0 Å². The van der Waals surface area contributed by atoms with Gasteiger partial charge in [-0.15, -0.1) is 0 Å². The van der Waals surface area contributed by atoms with Crippen molar-refractivity contribution in [3.05, 3.63) is 17.2 Å². The number of aryl methyl sites for hydroxylation is 1. The number of imidazole rings is 1. The second kappa shape index (κ2) is 1.62. The summed E-state index contributed by atoms with van der Waals surface area (Å²) in [5, 5.41) is 0. The van der Waals surface area contributed by atoms with Gasteiger partial charge in [0.15, 0.2) is 0 Å². The van der Waals surface area contributed by atoms with Crippen molar-refractivity contribution in [2.45, 2.75) is 33.2 Å². The van der Waals surface area contributed by atoms with Gasteiger partial charge in [0.1, 0.15) is 5.82 Å². The summed E-state index contributed by atoms with van der Waals surface area (Å²) in [5.74, 6) is 1.84. The molecular formula is C8H12N2. The summed E-state index contributed by atoms with van der Waals surface area (Å²) in [7, 11) is 0. The summed E-state index contributed by atoms with van der Waals surface area (Å²) in [5.41, 5.74) is 2.66. The first-order valence-corrected chi connectivity index (χ1v) is 3.76. The molecule has 1 aliphatic heterocycles. The van der Waals surface area contributed by atoms with Crippen LogP contribution in [0.1, 0.15) is 37.0 Å². The number of hydrogen-bond acceptors (Lipinski definition) is 1. The third kappa shape index (κ3) is 0.618. The molecule has 0 aromatic carbocycles.